The summed E-state index contributed by atoms with van der Waals surface area (Å²) in [5.74, 6) is 1.04. The summed E-state index contributed by atoms with van der Waals surface area (Å²) in [6.45, 7) is 2.94. The second kappa shape index (κ2) is 6.74. The lowest BCUT2D eigenvalue weighted by Crippen LogP contribution is -2.44. The fraction of sp³-hybridized carbons (Fsp3) is 0.474. The third kappa shape index (κ3) is 2.87. The minimum Gasteiger partial charge on any atom is -0.497 e. The van der Waals surface area contributed by atoms with E-state index in [9.17, 15) is 9.90 Å². The highest BCUT2D eigenvalue weighted by Crippen LogP contribution is 2.42. The van der Waals surface area contributed by atoms with Crippen LogP contribution in [0.4, 0.5) is 0 Å². The molecule has 2 saturated heterocycles. The van der Waals surface area contributed by atoms with Crippen LogP contribution in [0.1, 0.15) is 12.2 Å². The quantitative estimate of drug-likeness (QED) is 0.879. The number of ether oxygens (including phenoxy) is 2. The average Bonchev–Trinajstić information content (AvgIpc) is 3.26. The topological polar surface area (TPSA) is 76.8 Å². The van der Waals surface area contributed by atoms with Gasteiger partial charge >= 0.3 is 5.97 Å². The molecule has 26 heavy (non-hydrogen) atoms. The van der Waals surface area contributed by atoms with Crippen molar-refractivity contribution in [2.45, 2.75) is 13.0 Å². The summed E-state index contributed by atoms with van der Waals surface area (Å²) < 4.78 is 12.8. The number of benzene rings is 1. The van der Waals surface area contributed by atoms with Gasteiger partial charge in [0.25, 0.3) is 0 Å². The molecule has 0 amide bonds. The molecular formula is C19H23N3O4. The Bertz CT molecular complexity index is 788. The lowest BCUT2D eigenvalue weighted by atomic mass is 9.74. The Morgan fingerprint density at radius 3 is 2.92 bits per heavy atom. The summed E-state index contributed by atoms with van der Waals surface area (Å²) in [6, 6.07) is 7.81. The molecule has 0 aliphatic carbocycles. The van der Waals surface area contributed by atoms with Crippen molar-refractivity contribution in [1.82, 2.24) is 14.5 Å². The molecule has 3 heterocycles. The van der Waals surface area contributed by atoms with Gasteiger partial charge in [-0.2, -0.15) is 0 Å². The van der Waals surface area contributed by atoms with Crippen molar-refractivity contribution >= 4 is 5.97 Å². The summed E-state index contributed by atoms with van der Waals surface area (Å²) in [6.07, 6.45) is 4.28. The van der Waals surface area contributed by atoms with Gasteiger partial charge in [-0.25, -0.2) is 4.98 Å². The standard InChI is InChI=1S/C19H23N3O4/c1-25-16-4-2-15(3-5-16)22-8-7-20-17(22)11-21-10-14-12-26-9-6-19(14,13-21)18(23)24/h2-5,7-8,14H,6,9-13H2,1H3,(H,23,24)/t14-,19+/m1/s1. The highest BCUT2D eigenvalue weighted by Gasteiger charge is 2.53. The Morgan fingerprint density at radius 2 is 2.23 bits per heavy atom. The van der Waals surface area contributed by atoms with Gasteiger partial charge in [0, 0.05) is 43.7 Å². The van der Waals surface area contributed by atoms with Crippen LogP contribution in [0.2, 0.25) is 0 Å². The number of aliphatic carboxylic acids is 1. The van der Waals surface area contributed by atoms with E-state index in [0.717, 1.165) is 23.8 Å². The third-order valence-corrected chi connectivity index (χ3v) is 5.64. The maximum absolute atomic E-state index is 11.9. The zero-order chi connectivity index (χ0) is 18.1. The molecule has 4 rings (SSSR count). The van der Waals surface area contributed by atoms with Crippen LogP contribution in [-0.4, -0.2) is 58.9 Å². The Labute approximate surface area is 152 Å². The monoisotopic (exact) mass is 357 g/mol. The molecule has 7 heteroatoms. The smallest absolute Gasteiger partial charge is 0.311 e. The number of likely N-dealkylation sites (tertiary alicyclic amines) is 1. The van der Waals surface area contributed by atoms with E-state index in [1.54, 1.807) is 13.3 Å². The third-order valence-electron chi connectivity index (χ3n) is 5.64. The molecule has 1 aromatic heterocycles. The Balaban J connectivity index is 1.54. The van der Waals surface area contributed by atoms with E-state index in [2.05, 4.69) is 9.88 Å². The van der Waals surface area contributed by atoms with Crippen LogP contribution in [0.15, 0.2) is 36.7 Å². The number of carboxylic acids is 1. The van der Waals surface area contributed by atoms with Crippen LogP contribution in [0.25, 0.3) is 5.69 Å². The minimum atomic E-state index is -0.702. The number of imidazole rings is 1. The van der Waals surface area contributed by atoms with E-state index in [1.807, 2.05) is 35.0 Å². The highest BCUT2D eigenvalue weighted by molar-refractivity contribution is 5.76. The highest BCUT2D eigenvalue weighted by atomic mass is 16.5. The van der Waals surface area contributed by atoms with Gasteiger partial charge in [0.05, 0.1) is 25.7 Å². The predicted octanol–water partition coefficient (Wildman–Crippen LogP) is 1.80. The van der Waals surface area contributed by atoms with E-state index in [4.69, 9.17) is 9.47 Å². The van der Waals surface area contributed by atoms with E-state index in [-0.39, 0.29) is 5.92 Å². The van der Waals surface area contributed by atoms with Gasteiger partial charge in [-0.3, -0.25) is 9.69 Å². The van der Waals surface area contributed by atoms with E-state index >= 15 is 0 Å². The molecule has 1 aromatic carbocycles. The maximum atomic E-state index is 11.9. The summed E-state index contributed by atoms with van der Waals surface area (Å²) in [4.78, 5) is 18.6. The SMILES string of the molecule is COc1ccc(-n2ccnc2CN2C[C@@H]3COCC[C@]3(C(=O)O)C2)cc1. The summed E-state index contributed by atoms with van der Waals surface area (Å²) in [7, 11) is 1.65. The normalized spacial score (nSPS) is 25.8. The van der Waals surface area contributed by atoms with Gasteiger partial charge in [0.2, 0.25) is 0 Å². The largest absolute Gasteiger partial charge is 0.497 e. The van der Waals surface area contributed by atoms with Gasteiger partial charge in [-0.15, -0.1) is 0 Å². The second-order valence-corrected chi connectivity index (χ2v) is 7.06. The number of fused-ring (bicyclic) bond motifs is 1. The molecule has 0 spiro atoms. The van der Waals surface area contributed by atoms with Crippen LogP contribution >= 0.6 is 0 Å². The molecule has 0 radical (unpaired) electrons. The number of nitrogens with zero attached hydrogens (tertiary/aromatic N) is 3. The van der Waals surface area contributed by atoms with Crippen molar-refractivity contribution in [3.05, 3.63) is 42.5 Å². The van der Waals surface area contributed by atoms with Crippen molar-refractivity contribution in [2.75, 3.05) is 33.4 Å². The van der Waals surface area contributed by atoms with Crippen molar-refractivity contribution in [2.24, 2.45) is 11.3 Å². The van der Waals surface area contributed by atoms with Gasteiger partial charge in [0.15, 0.2) is 0 Å². The van der Waals surface area contributed by atoms with Crippen molar-refractivity contribution in [1.29, 1.82) is 0 Å². The van der Waals surface area contributed by atoms with Gasteiger partial charge in [0.1, 0.15) is 11.6 Å². The number of rotatable bonds is 5. The van der Waals surface area contributed by atoms with Crippen LogP contribution in [0.5, 0.6) is 5.75 Å². The molecule has 2 fully saturated rings. The Kier molecular flexibility index (Phi) is 4.42. The lowest BCUT2D eigenvalue weighted by Gasteiger charge is -2.34. The van der Waals surface area contributed by atoms with Gasteiger partial charge in [-0.05, 0) is 30.7 Å². The molecule has 2 atom stereocenters. The molecule has 138 valence electrons. The Hall–Kier alpha value is -2.38. The van der Waals surface area contributed by atoms with Gasteiger partial charge < -0.3 is 19.1 Å². The van der Waals surface area contributed by atoms with E-state index in [1.165, 1.54) is 0 Å². The minimum absolute atomic E-state index is 0.0400. The zero-order valence-electron chi connectivity index (χ0n) is 14.8. The molecule has 7 nitrogen and oxygen atoms in total. The molecule has 1 N–H and O–H groups in total. The van der Waals surface area contributed by atoms with Gasteiger partial charge in [-0.1, -0.05) is 0 Å². The first-order chi connectivity index (χ1) is 12.6. The number of methoxy groups -OCH3 is 1. The maximum Gasteiger partial charge on any atom is 0.311 e. The first-order valence-corrected chi connectivity index (χ1v) is 8.82. The summed E-state index contributed by atoms with van der Waals surface area (Å²) >= 11 is 0. The number of hydrogen-bond acceptors (Lipinski definition) is 5. The van der Waals surface area contributed by atoms with Crippen molar-refractivity contribution in [3.63, 3.8) is 0 Å². The Morgan fingerprint density at radius 1 is 1.42 bits per heavy atom. The van der Waals surface area contributed by atoms with Crippen LogP contribution < -0.4 is 4.74 Å². The molecular weight excluding hydrogens is 334 g/mol. The number of hydrogen-bond donors (Lipinski definition) is 1. The summed E-state index contributed by atoms with van der Waals surface area (Å²) in [5.41, 5.74) is 0.321. The van der Waals surface area contributed by atoms with Crippen molar-refractivity contribution < 1.29 is 19.4 Å². The molecule has 0 saturated carbocycles. The molecule has 0 bridgehead atoms. The summed E-state index contributed by atoms with van der Waals surface area (Å²) in [5, 5.41) is 9.81. The molecule has 2 aliphatic heterocycles. The second-order valence-electron chi connectivity index (χ2n) is 7.06. The zero-order valence-corrected chi connectivity index (χ0v) is 14.8. The van der Waals surface area contributed by atoms with E-state index in [0.29, 0.717) is 32.7 Å². The lowest BCUT2D eigenvalue weighted by molar-refractivity contribution is -0.157. The first-order valence-electron chi connectivity index (χ1n) is 8.82. The van der Waals surface area contributed by atoms with Crippen LogP contribution in [0, 0.1) is 11.3 Å². The average molecular weight is 357 g/mol. The van der Waals surface area contributed by atoms with Crippen LogP contribution in [-0.2, 0) is 16.1 Å². The molecule has 2 aliphatic rings. The number of carboxylic acid groups (broad SMARTS) is 1. The molecule has 0 unspecified atom stereocenters. The molecule has 2 aromatic rings. The number of carbonyl (C=O) groups is 1. The predicted molar refractivity (Wildman–Crippen MR) is 94.4 cm³/mol. The fourth-order valence-electron chi connectivity index (χ4n) is 4.15. The van der Waals surface area contributed by atoms with Crippen LogP contribution in [0.3, 0.4) is 0 Å². The first kappa shape index (κ1) is 17.1. The van der Waals surface area contributed by atoms with Crippen molar-refractivity contribution in [3.8, 4) is 11.4 Å². The number of aromatic nitrogens is 2. The fourth-order valence-corrected chi connectivity index (χ4v) is 4.15. The van der Waals surface area contributed by atoms with E-state index < -0.39 is 11.4 Å².